The third kappa shape index (κ3) is 4.04. The first kappa shape index (κ1) is 16.4. The summed E-state index contributed by atoms with van der Waals surface area (Å²) in [6.45, 7) is 3.91. The largest absolute Gasteiger partial charge is 0.382 e. The van der Waals surface area contributed by atoms with Crippen LogP contribution in [0.4, 0.5) is 10.1 Å². The van der Waals surface area contributed by atoms with Crippen molar-refractivity contribution in [1.29, 1.82) is 0 Å². The lowest BCUT2D eigenvalue weighted by molar-refractivity contribution is -0.126. The Bertz CT molecular complexity index is 536. The lowest BCUT2D eigenvalue weighted by Gasteiger charge is -2.17. The molecule has 2 rings (SSSR count). The molecular formula is C16H21FN2O3. The number of ether oxygens (including phenoxy) is 1. The first-order valence-electron chi connectivity index (χ1n) is 7.53. The third-order valence-electron chi connectivity index (χ3n) is 3.61. The van der Waals surface area contributed by atoms with E-state index in [9.17, 15) is 14.0 Å². The maximum Gasteiger partial charge on any atom is 0.227 e. The smallest absolute Gasteiger partial charge is 0.227 e. The summed E-state index contributed by atoms with van der Waals surface area (Å²) in [6.07, 6.45) is 0.850. The van der Waals surface area contributed by atoms with Crippen molar-refractivity contribution in [3.63, 3.8) is 0 Å². The number of carbonyl (C=O) groups excluding carboxylic acids is 2. The van der Waals surface area contributed by atoms with Gasteiger partial charge in [-0.05, 0) is 25.5 Å². The van der Waals surface area contributed by atoms with Crippen LogP contribution in [0.3, 0.4) is 0 Å². The molecule has 1 atom stereocenters. The zero-order valence-corrected chi connectivity index (χ0v) is 12.7. The molecule has 2 amide bonds. The van der Waals surface area contributed by atoms with Gasteiger partial charge in [-0.15, -0.1) is 0 Å². The molecule has 6 heteroatoms. The topological polar surface area (TPSA) is 58.6 Å². The van der Waals surface area contributed by atoms with E-state index in [1.165, 1.54) is 11.0 Å². The van der Waals surface area contributed by atoms with Gasteiger partial charge in [0.15, 0.2) is 0 Å². The first-order valence-corrected chi connectivity index (χ1v) is 7.53. The molecule has 0 radical (unpaired) electrons. The van der Waals surface area contributed by atoms with E-state index in [4.69, 9.17) is 4.74 Å². The molecule has 1 unspecified atom stereocenters. The average molecular weight is 308 g/mol. The Morgan fingerprint density at radius 1 is 1.45 bits per heavy atom. The SMILES string of the molecule is CCOCCCNC(=O)C1CC(=O)N(c2ccccc2F)C1. The second-order valence-corrected chi connectivity index (χ2v) is 5.20. The molecule has 1 N–H and O–H groups in total. The molecule has 1 aliphatic rings. The quantitative estimate of drug-likeness (QED) is 0.780. The Morgan fingerprint density at radius 3 is 2.95 bits per heavy atom. The van der Waals surface area contributed by atoms with Gasteiger partial charge in [-0.2, -0.15) is 0 Å². The molecule has 5 nitrogen and oxygen atoms in total. The predicted molar refractivity (Wildman–Crippen MR) is 81.0 cm³/mol. The predicted octanol–water partition coefficient (Wildman–Crippen LogP) is 1.72. The molecule has 0 aromatic heterocycles. The van der Waals surface area contributed by atoms with E-state index in [0.717, 1.165) is 6.42 Å². The molecule has 1 aromatic carbocycles. The normalized spacial score (nSPS) is 17.8. The van der Waals surface area contributed by atoms with Gasteiger partial charge in [0.25, 0.3) is 0 Å². The fourth-order valence-corrected chi connectivity index (χ4v) is 2.46. The number of benzene rings is 1. The van der Waals surface area contributed by atoms with Gasteiger partial charge in [-0.25, -0.2) is 4.39 Å². The molecule has 0 spiro atoms. The maximum atomic E-state index is 13.8. The van der Waals surface area contributed by atoms with Gasteiger partial charge in [0.1, 0.15) is 5.82 Å². The second-order valence-electron chi connectivity index (χ2n) is 5.20. The van der Waals surface area contributed by atoms with Crippen LogP contribution in [0.1, 0.15) is 19.8 Å². The van der Waals surface area contributed by atoms with E-state index in [-0.39, 0.29) is 30.5 Å². The van der Waals surface area contributed by atoms with Gasteiger partial charge < -0.3 is 15.0 Å². The summed E-state index contributed by atoms with van der Waals surface area (Å²) in [5.41, 5.74) is 0.235. The van der Waals surface area contributed by atoms with Crippen molar-refractivity contribution in [3.8, 4) is 0 Å². The monoisotopic (exact) mass is 308 g/mol. The molecular weight excluding hydrogens is 287 g/mol. The van der Waals surface area contributed by atoms with Crippen molar-refractivity contribution in [3.05, 3.63) is 30.1 Å². The molecule has 0 saturated carbocycles. The van der Waals surface area contributed by atoms with Crippen LogP contribution in [0.25, 0.3) is 0 Å². The molecule has 1 heterocycles. The minimum absolute atomic E-state index is 0.117. The highest BCUT2D eigenvalue weighted by atomic mass is 19.1. The van der Waals surface area contributed by atoms with Crippen LogP contribution >= 0.6 is 0 Å². The standard InChI is InChI=1S/C16H21FN2O3/c1-2-22-9-5-8-18-16(21)12-10-15(20)19(11-12)14-7-4-3-6-13(14)17/h3-4,6-7,12H,2,5,8-11H2,1H3,(H,18,21). The number of hydrogen-bond acceptors (Lipinski definition) is 3. The van der Waals surface area contributed by atoms with Crippen molar-refractivity contribution in [2.75, 3.05) is 31.2 Å². The number of anilines is 1. The number of nitrogens with one attached hydrogen (secondary N) is 1. The minimum Gasteiger partial charge on any atom is -0.382 e. The van der Waals surface area contributed by atoms with Crippen molar-refractivity contribution in [2.45, 2.75) is 19.8 Å². The summed E-state index contributed by atoms with van der Waals surface area (Å²) in [4.78, 5) is 25.4. The van der Waals surface area contributed by atoms with Crippen LogP contribution in [0.15, 0.2) is 24.3 Å². The summed E-state index contributed by atoms with van der Waals surface area (Å²) in [7, 11) is 0. The van der Waals surface area contributed by atoms with E-state index in [0.29, 0.717) is 19.8 Å². The Balaban J connectivity index is 1.87. The summed E-state index contributed by atoms with van der Waals surface area (Å²) in [6, 6.07) is 6.11. The number of para-hydroxylation sites is 1. The zero-order chi connectivity index (χ0) is 15.9. The molecule has 120 valence electrons. The van der Waals surface area contributed by atoms with Gasteiger partial charge in [0.2, 0.25) is 11.8 Å². The summed E-state index contributed by atoms with van der Waals surface area (Å²) < 4.78 is 18.9. The number of halogens is 1. The summed E-state index contributed by atoms with van der Waals surface area (Å²) in [5.74, 6) is -1.27. The second kappa shape index (κ2) is 7.89. The van der Waals surface area contributed by atoms with Crippen molar-refractivity contribution in [2.24, 2.45) is 5.92 Å². The van der Waals surface area contributed by atoms with E-state index in [2.05, 4.69) is 5.32 Å². The number of hydrogen-bond donors (Lipinski definition) is 1. The van der Waals surface area contributed by atoms with Crippen LogP contribution in [0, 0.1) is 11.7 Å². The van der Waals surface area contributed by atoms with Crippen molar-refractivity contribution < 1.29 is 18.7 Å². The molecule has 1 aromatic rings. The molecule has 0 aliphatic carbocycles. The summed E-state index contributed by atoms with van der Waals surface area (Å²) in [5, 5.41) is 2.80. The van der Waals surface area contributed by atoms with Crippen molar-refractivity contribution >= 4 is 17.5 Å². The van der Waals surface area contributed by atoms with Crippen LogP contribution < -0.4 is 10.2 Å². The van der Waals surface area contributed by atoms with Crippen LogP contribution in [0.2, 0.25) is 0 Å². The minimum atomic E-state index is -0.450. The van der Waals surface area contributed by atoms with E-state index >= 15 is 0 Å². The van der Waals surface area contributed by atoms with Gasteiger partial charge in [0, 0.05) is 32.7 Å². The van der Waals surface area contributed by atoms with Crippen molar-refractivity contribution in [1.82, 2.24) is 5.32 Å². The van der Waals surface area contributed by atoms with E-state index in [1.807, 2.05) is 6.92 Å². The fraction of sp³-hybridized carbons (Fsp3) is 0.500. The van der Waals surface area contributed by atoms with Crippen LogP contribution in [-0.4, -0.2) is 38.1 Å². The number of amides is 2. The lowest BCUT2D eigenvalue weighted by Crippen LogP contribution is -2.34. The Hall–Kier alpha value is -1.95. The molecule has 1 fully saturated rings. The number of rotatable bonds is 7. The Kier molecular flexibility index (Phi) is 5.89. The fourth-order valence-electron chi connectivity index (χ4n) is 2.46. The van der Waals surface area contributed by atoms with Gasteiger partial charge >= 0.3 is 0 Å². The van der Waals surface area contributed by atoms with Gasteiger partial charge in [-0.1, -0.05) is 12.1 Å². The van der Waals surface area contributed by atoms with E-state index in [1.54, 1.807) is 18.2 Å². The highest BCUT2D eigenvalue weighted by molar-refractivity contribution is 6.00. The number of carbonyl (C=O) groups is 2. The van der Waals surface area contributed by atoms with Crippen LogP contribution in [-0.2, 0) is 14.3 Å². The third-order valence-corrected chi connectivity index (χ3v) is 3.61. The molecule has 1 aliphatic heterocycles. The van der Waals surface area contributed by atoms with Gasteiger partial charge in [0.05, 0.1) is 11.6 Å². The highest BCUT2D eigenvalue weighted by Crippen LogP contribution is 2.27. The van der Waals surface area contributed by atoms with Crippen LogP contribution in [0.5, 0.6) is 0 Å². The summed E-state index contributed by atoms with van der Waals surface area (Å²) >= 11 is 0. The maximum absolute atomic E-state index is 13.8. The molecule has 1 saturated heterocycles. The van der Waals surface area contributed by atoms with E-state index < -0.39 is 11.7 Å². The molecule has 22 heavy (non-hydrogen) atoms. The Morgan fingerprint density at radius 2 is 2.23 bits per heavy atom. The Labute approximate surface area is 129 Å². The number of nitrogens with zero attached hydrogens (tertiary/aromatic N) is 1. The zero-order valence-electron chi connectivity index (χ0n) is 12.7. The molecule has 0 bridgehead atoms. The average Bonchev–Trinajstić information content (AvgIpc) is 2.89. The lowest BCUT2D eigenvalue weighted by atomic mass is 10.1. The highest BCUT2D eigenvalue weighted by Gasteiger charge is 2.35. The van der Waals surface area contributed by atoms with Gasteiger partial charge in [-0.3, -0.25) is 9.59 Å². The first-order chi connectivity index (χ1) is 10.6.